The first-order chi connectivity index (χ1) is 11.7. The number of aromatic nitrogens is 1. The van der Waals surface area contributed by atoms with Gasteiger partial charge in [-0.25, -0.2) is 9.59 Å². The standard InChI is InChI=1S/C18H24N2O5/c1-5-24-16(22)15(20-17(23)25-18(2,3)4)8-11-10-19-14-9-12(21)6-7-13(11)14/h6-7,9-10,15,19,21H,5,8H2,1-4H3,(H,20,23). The number of hydrogen-bond acceptors (Lipinski definition) is 5. The molecule has 7 nitrogen and oxygen atoms in total. The molecule has 1 heterocycles. The molecule has 0 radical (unpaired) electrons. The SMILES string of the molecule is CCOC(=O)C(Cc1c[nH]c2cc(O)ccc12)NC(=O)OC(C)(C)C. The van der Waals surface area contributed by atoms with Crippen molar-refractivity contribution < 1.29 is 24.2 Å². The summed E-state index contributed by atoms with van der Waals surface area (Å²) in [5.41, 5.74) is 0.903. The third kappa shape index (κ3) is 5.14. The van der Waals surface area contributed by atoms with Crippen molar-refractivity contribution in [2.75, 3.05) is 6.61 Å². The van der Waals surface area contributed by atoms with Crippen molar-refractivity contribution in [3.05, 3.63) is 30.0 Å². The molecule has 0 fully saturated rings. The van der Waals surface area contributed by atoms with Gasteiger partial charge in [0.1, 0.15) is 17.4 Å². The Morgan fingerprint density at radius 1 is 1.32 bits per heavy atom. The fourth-order valence-electron chi connectivity index (χ4n) is 2.45. The molecule has 1 amide bonds. The minimum absolute atomic E-state index is 0.148. The maximum atomic E-state index is 12.2. The van der Waals surface area contributed by atoms with Crippen LogP contribution in [0.15, 0.2) is 24.4 Å². The van der Waals surface area contributed by atoms with Crippen LogP contribution in [0.25, 0.3) is 10.9 Å². The molecule has 0 saturated heterocycles. The smallest absolute Gasteiger partial charge is 0.408 e. The molecule has 0 aliphatic rings. The molecule has 1 aromatic carbocycles. The van der Waals surface area contributed by atoms with Crippen LogP contribution in [0.1, 0.15) is 33.3 Å². The first-order valence-electron chi connectivity index (χ1n) is 8.14. The molecule has 3 N–H and O–H groups in total. The van der Waals surface area contributed by atoms with Crippen molar-refractivity contribution in [2.45, 2.75) is 45.8 Å². The van der Waals surface area contributed by atoms with Crippen LogP contribution in [0.3, 0.4) is 0 Å². The third-order valence-corrected chi connectivity index (χ3v) is 3.44. The Morgan fingerprint density at radius 2 is 2.04 bits per heavy atom. The quantitative estimate of drug-likeness (QED) is 0.721. The maximum Gasteiger partial charge on any atom is 0.408 e. The number of fused-ring (bicyclic) bond motifs is 1. The van der Waals surface area contributed by atoms with E-state index in [1.807, 2.05) is 0 Å². The summed E-state index contributed by atoms with van der Waals surface area (Å²) in [5.74, 6) is -0.379. The second kappa shape index (κ2) is 7.46. The Morgan fingerprint density at radius 3 is 2.68 bits per heavy atom. The first-order valence-corrected chi connectivity index (χ1v) is 8.14. The van der Waals surface area contributed by atoms with Gasteiger partial charge < -0.3 is 24.9 Å². The molecule has 1 aromatic heterocycles. The molecule has 0 aliphatic carbocycles. The summed E-state index contributed by atoms with van der Waals surface area (Å²) in [5, 5.41) is 13.0. The summed E-state index contributed by atoms with van der Waals surface area (Å²) in [7, 11) is 0. The van der Waals surface area contributed by atoms with Crippen molar-refractivity contribution >= 4 is 23.0 Å². The molecule has 0 saturated carbocycles. The highest BCUT2D eigenvalue weighted by Crippen LogP contribution is 2.23. The van der Waals surface area contributed by atoms with Crippen LogP contribution >= 0.6 is 0 Å². The summed E-state index contributed by atoms with van der Waals surface area (Å²) in [6.07, 6.45) is 1.30. The van der Waals surface area contributed by atoms with Gasteiger partial charge in [0.25, 0.3) is 0 Å². The number of hydrogen-bond donors (Lipinski definition) is 3. The van der Waals surface area contributed by atoms with Gasteiger partial charge >= 0.3 is 12.1 Å². The molecule has 1 atom stereocenters. The van der Waals surface area contributed by atoms with Crippen molar-refractivity contribution in [2.24, 2.45) is 0 Å². The van der Waals surface area contributed by atoms with E-state index in [1.54, 1.807) is 52.1 Å². The fourth-order valence-corrected chi connectivity index (χ4v) is 2.45. The van der Waals surface area contributed by atoms with E-state index in [9.17, 15) is 14.7 Å². The van der Waals surface area contributed by atoms with Crippen LogP contribution in [0.4, 0.5) is 4.79 Å². The average Bonchev–Trinajstić information content (AvgIpc) is 2.87. The number of esters is 1. The van der Waals surface area contributed by atoms with E-state index < -0.39 is 23.7 Å². The van der Waals surface area contributed by atoms with E-state index in [4.69, 9.17) is 9.47 Å². The van der Waals surface area contributed by atoms with E-state index in [2.05, 4.69) is 10.3 Å². The van der Waals surface area contributed by atoms with Crippen LogP contribution in [0.2, 0.25) is 0 Å². The van der Waals surface area contributed by atoms with Crippen molar-refractivity contribution in [3.63, 3.8) is 0 Å². The van der Waals surface area contributed by atoms with Crippen molar-refractivity contribution in [1.29, 1.82) is 0 Å². The number of H-pyrrole nitrogens is 1. The number of aromatic amines is 1. The van der Waals surface area contributed by atoms with Gasteiger partial charge in [-0.05, 0) is 45.4 Å². The van der Waals surface area contributed by atoms with Gasteiger partial charge in [0.05, 0.1) is 6.61 Å². The summed E-state index contributed by atoms with van der Waals surface area (Å²) in [4.78, 5) is 27.3. The lowest BCUT2D eigenvalue weighted by molar-refractivity contribution is -0.145. The highest BCUT2D eigenvalue weighted by atomic mass is 16.6. The summed E-state index contributed by atoms with van der Waals surface area (Å²) in [6.45, 7) is 7.16. The van der Waals surface area contributed by atoms with Crippen LogP contribution in [-0.4, -0.2) is 40.4 Å². The van der Waals surface area contributed by atoms with E-state index in [0.29, 0.717) is 0 Å². The molecule has 2 rings (SSSR count). The maximum absolute atomic E-state index is 12.2. The Hall–Kier alpha value is -2.70. The number of nitrogens with one attached hydrogen (secondary N) is 2. The summed E-state index contributed by atoms with van der Waals surface area (Å²) < 4.78 is 10.3. The van der Waals surface area contributed by atoms with E-state index in [0.717, 1.165) is 16.5 Å². The molecule has 0 aliphatic heterocycles. The van der Waals surface area contributed by atoms with Gasteiger partial charge in [-0.15, -0.1) is 0 Å². The first kappa shape index (κ1) is 18.6. The molecule has 2 aromatic rings. The molecule has 0 bridgehead atoms. The van der Waals surface area contributed by atoms with Crippen LogP contribution in [-0.2, 0) is 20.7 Å². The van der Waals surface area contributed by atoms with Crippen LogP contribution in [0.5, 0.6) is 5.75 Å². The number of rotatable bonds is 5. The average molecular weight is 348 g/mol. The lowest BCUT2D eigenvalue weighted by atomic mass is 10.0. The second-order valence-corrected chi connectivity index (χ2v) is 6.70. The molecular weight excluding hydrogens is 324 g/mol. The van der Waals surface area contributed by atoms with Gasteiger partial charge in [-0.3, -0.25) is 0 Å². The number of phenols is 1. The minimum atomic E-state index is -0.873. The normalized spacial score (nSPS) is 12.6. The van der Waals surface area contributed by atoms with Gasteiger partial charge in [-0.2, -0.15) is 0 Å². The van der Waals surface area contributed by atoms with Gasteiger partial charge in [-0.1, -0.05) is 0 Å². The zero-order valence-electron chi connectivity index (χ0n) is 14.9. The topological polar surface area (TPSA) is 101 Å². The predicted octanol–water partition coefficient (Wildman–Crippen LogP) is 2.87. The van der Waals surface area contributed by atoms with Crippen LogP contribution in [0, 0.1) is 0 Å². The minimum Gasteiger partial charge on any atom is -0.508 e. The molecule has 0 spiro atoms. The second-order valence-electron chi connectivity index (χ2n) is 6.70. The number of carbonyl (C=O) groups is 2. The monoisotopic (exact) mass is 348 g/mol. The number of alkyl carbamates (subject to hydrolysis) is 1. The number of carbonyl (C=O) groups excluding carboxylic acids is 2. The number of amides is 1. The molecule has 136 valence electrons. The Bertz CT molecular complexity index is 760. The van der Waals surface area contributed by atoms with Gasteiger partial charge in [0, 0.05) is 29.6 Å². The highest BCUT2D eigenvalue weighted by molar-refractivity contribution is 5.86. The molecule has 25 heavy (non-hydrogen) atoms. The Kier molecular flexibility index (Phi) is 5.56. The molecule has 1 unspecified atom stereocenters. The highest BCUT2D eigenvalue weighted by Gasteiger charge is 2.26. The lowest BCUT2D eigenvalue weighted by Gasteiger charge is -2.22. The number of phenolic OH excluding ortho intramolecular Hbond substituents is 1. The number of aromatic hydroxyl groups is 1. The predicted molar refractivity (Wildman–Crippen MR) is 93.5 cm³/mol. The van der Waals surface area contributed by atoms with Crippen LogP contribution < -0.4 is 5.32 Å². The number of ether oxygens (including phenoxy) is 2. The van der Waals surface area contributed by atoms with Crippen molar-refractivity contribution in [1.82, 2.24) is 10.3 Å². The molecular formula is C18H24N2O5. The van der Waals surface area contributed by atoms with E-state index >= 15 is 0 Å². The van der Waals surface area contributed by atoms with Gasteiger partial charge in [0.2, 0.25) is 0 Å². The van der Waals surface area contributed by atoms with Gasteiger partial charge in [0.15, 0.2) is 0 Å². The van der Waals surface area contributed by atoms with E-state index in [1.165, 1.54) is 0 Å². The van der Waals surface area contributed by atoms with E-state index in [-0.39, 0.29) is 18.8 Å². The summed E-state index contributed by atoms with van der Waals surface area (Å²) in [6, 6.07) is 4.05. The zero-order valence-corrected chi connectivity index (χ0v) is 14.9. The lowest BCUT2D eigenvalue weighted by Crippen LogP contribution is -2.45. The Balaban J connectivity index is 2.20. The third-order valence-electron chi connectivity index (χ3n) is 3.44. The number of benzene rings is 1. The Labute approximate surface area is 146 Å². The zero-order chi connectivity index (χ0) is 18.6. The largest absolute Gasteiger partial charge is 0.508 e. The van der Waals surface area contributed by atoms with Crippen molar-refractivity contribution in [3.8, 4) is 5.75 Å². The summed E-state index contributed by atoms with van der Waals surface area (Å²) >= 11 is 0. The fraction of sp³-hybridized carbons (Fsp3) is 0.444. The molecule has 7 heteroatoms.